The summed E-state index contributed by atoms with van der Waals surface area (Å²) in [5.74, 6) is -0.0107. The van der Waals surface area contributed by atoms with Crippen molar-refractivity contribution in [2.45, 2.75) is 44.8 Å². The van der Waals surface area contributed by atoms with E-state index in [1.807, 2.05) is 47.3 Å². The molecule has 1 aliphatic heterocycles. The number of piperidine rings is 1. The van der Waals surface area contributed by atoms with Crippen molar-refractivity contribution in [3.8, 4) is 0 Å². The summed E-state index contributed by atoms with van der Waals surface area (Å²) in [6.45, 7) is 3.23. The molecule has 1 saturated heterocycles. The summed E-state index contributed by atoms with van der Waals surface area (Å²) >= 11 is 0. The van der Waals surface area contributed by atoms with Crippen LogP contribution in [0.5, 0.6) is 0 Å². The number of halogens is 1. The van der Waals surface area contributed by atoms with Gasteiger partial charge in [0.25, 0.3) is 0 Å². The molecular weight excluding hydrogens is 379 g/mol. The van der Waals surface area contributed by atoms with Crippen LogP contribution in [0.25, 0.3) is 11.0 Å². The second-order valence-corrected chi connectivity index (χ2v) is 8.73. The summed E-state index contributed by atoms with van der Waals surface area (Å²) in [6.07, 6.45) is 5.48. The fourth-order valence-electron chi connectivity index (χ4n) is 4.81. The Kier molecular flexibility index (Phi) is 5.03. The van der Waals surface area contributed by atoms with Crippen LogP contribution in [0.15, 0.2) is 54.9 Å². The highest BCUT2D eigenvalue weighted by Crippen LogP contribution is 2.54. The zero-order chi connectivity index (χ0) is 20.6. The van der Waals surface area contributed by atoms with Crippen molar-refractivity contribution in [2.24, 2.45) is 5.41 Å². The lowest BCUT2D eigenvalue weighted by Gasteiger charge is -2.33. The molecule has 1 atom stereocenters. The first-order chi connectivity index (χ1) is 14.6. The number of carbonyl (C=O) groups excluding carboxylic acids is 1. The van der Waals surface area contributed by atoms with E-state index in [4.69, 9.17) is 0 Å². The van der Waals surface area contributed by atoms with Gasteiger partial charge in [-0.05, 0) is 56.0 Å². The molecule has 2 aliphatic rings. The molecule has 5 nitrogen and oxygen atoms in total. The van der Waals surface area contributed by atoms with E-state index in [9.17, 15) is 9.18 Å². The summed E-state index contributed by atoms with van der Waals surface area (Å²) in [6, 6.07) is 15.3. The number of para-hydroxylation sites is 2. The maximum absolute atomic E-state index is 13.9. The first-order valence-electron chi connectivity index (χ1n) is 10.8. The SMILES string of the molecule is O=C(CCn1cnc2ccccc21)NC1CC12CCN(Cc1ccccc1F)CC2. The van der Waals surface area contributed by atoms with Crippen LogP contribution in [0, 0.1) is 11.2 Å². The molecule has 1 N–H and O–H groups in total. The number of carbonyl (C=O) groups is 1. The second-order valence-electron chi connectivity index (χ2n) is 8.73. The largest absolute Gasteiger partial charge is 0.353 e. The molecule has 2 heterocycles. The number of fused-ring (bicyclic) bond motifs is 1. The van der Waals surface area contributed by atoms with Crippen LogP contribution < -0.4 is 5.32 Å². The van der Waals surface area contributed by atoms with Gasteiger partial charge in [-0.15, -0.1) is 0 Å². The minimum atomic E-state index is -0.125. The van der Waals surface area contributed by atoms with Gasteiger partial charge in [-0.3, -0.25) is 9.69 Å². The molecule has 0 radical (unpaired) electrons. The number of nitrogens with zero attached hydrogens (tertiary/aromatic N) is 3. The minimum absolute atomic E-state index is 0.114. The van der Waals surface area contributed by atoms with Gasteiger partial charge in [-0.1, -0.05) is 30.3 Å². The monoisotopic (exact) mass is 406 g/mol. The maximum Gasteiger partial charge on any atom is 0.222 e. The van der Waals surface area contributed by atoms with E-state index < -0.39 is 0 Å². The summed E-state index contributed by atoms with van der Waals surface area (Å²) in [4.78, 5) is 19.2. The van der Waals surface area contributed by atoms with Crippen molar-refractivity contribution in [2.75, 3.05) is 13.1 Å². The van der Waals surface area contributed by atoms with Gasteiger partial charge in [0.2, 0.25) is 5.91 Å². The normalized spacial score (nSPS) is 20.5. The quantitative estimate of drug-likeness (QED) is 0.679. The average molecular weight is 407 g/mol. The van der Waals surface area contributed by atoms with Crippen molar-refractivity contribution >= 4 is 16.9 Å². The molecule has 3 aromatic rings. The number of benzene rings is 2. The van der Waals surface area contributed by atoms with Crippen LogP contribution >= 0.6 is 0 Å². The molecule has 5 rings (SSSR count). The van der Waals surface area contributed by atoms with Crippen molar-refractivity contribution in [1.82, 2.24) is 19.8 Å². The number of nitrogens with one attached hydrogen (secondary N) is 1. The Morgan fingerprint density at radius 3 is 2.73 bits per heavy atom. The summed E-state index contributed by atoms with van der Waals surface area (Å²) in [5.41, 5.74) is 3.04. The van der Waals surface area contributed by atoms with Crippen LogP contribution in [-0.2, 0) is 17.9 Å². The van der Waals surface area contributed by atoms with Gasteiger partial charge < -0.3 is 9.88 Å². The lowest BCUT2D eigenvalue weighted by atomic mass is 9.92. The smallest absolute Gasteiger partial charge is 0.222 e. The zero-order valence-electron chi connectivity index (χ0n) is 17.1. The Balaban J connectivity index is 1.09. The molecule has 30 heavy (non-hydrogen) atoms. The van der Waals surface area contributed by atoms with Gasteiger partial charge in [0.15, 0.2) is 0 Å². The minimum Gasteiger partial charge on any atom is -0.353 e. The van der Waals surface area contributed by atoms with Crippen LogP contribution in [-0.4, -0.2) is 39.5 Å². The fourth-order valence-corrected chi connectivity index (χ4v) is 4.81. The Hall–Kier alpha value is -2.73. The third-order valence-corrected chi connectivity index (χ3v) is 6.84. The van der Waals surface area contributed by atoms with E-state index in [1.54, 1.807) is 6.07 Å². The molecule has 156 valence electrons. The number of rotatable bonds is 6. The summed E-state index contributed by atoms with van der Waals surface area (Å²) in [7, 11) is 0. The molecular formula is C24H27FN4O. The van der Waals surface area contributed by atoms with Gasteiger partial charge in [-0.2, -0.15) is 0 Å². The van der Waals surface area contributed by atoms with E-state index in [0.29, 0.717) is 25.6 Å². The Labute approximate surface area is 175 Å². The van der Waals surface area contributed by atoms with Crippen LogP contribution in [0.1, 0.15) is 31.2 Å². The summed E-state index contributed by atoms with van der Waals surface area (Å²) in [5, 5.41) is 3.25. The maximum atomic E-state index is 13.9. The van der Waals surface area contributed by atoms with E-state index in [0.717, 1.165) is 48.9 Å². The van der Waals surface area contributed by atoms with Gasteiger partial charge in [0.05, 0.1) is 17.4 Å². The van der Waals surface area contributed by atoms with Crippen molar-refractivity contribution in [3.63, 3.8) is 0 Å². The van der Waals surface area contributed by atoms with Crippen LogP contribution in [0.2, 0.25) is 0 Å². The highest BCUT2D eigenvalue weighted by molar-refractivity contribution is 5.78. The van der Waals surface area contributed by atoms with Crippen molar-refractivity contribution < 1.29 is 9.18 Å². The third-order valence-electron chi connectivity index (χ3n) is 6.84. The summed E-state index contributed by atoms with van der Waals surface area (Å²) < 4.78 is 15.9. The van der Waals surface area contributed by atoms with E-state index in [1.165, 1.54) is 6.07 Å². The van der Waals surface area contributed by atoms with Crippen molar-refractivity contribution in [3.05, 3.63) is 66.2 Å². The Bertz CT molecular complexity index is 1050. The number of aryl methyl sites for hydroxylation is 1. The fraction of sp³-hybridized carbons (Fsp3) is 0.417. The first-order valence-corrected chi connectivity index (χ1v) is 10.8. The number of amides is 1. The highest BCUT2D eigenvalue weighted by Gasteiger charge is 2.55. The van der Waals surface area contributed by atoms with Gasteiger partial charge in [-0.25, -0.2) is 9.37 Å². The number of imidazole rings is 1. The number of likely N-dealkylation sites (tertiary alicyclic amines) is 1. The van der Waals surface area contributed by atoms with Crippen LogP contribution in [0.3, 0.4) is 0 Å². The highest BCUT2D eigenvalue weighted by atomic mass is 19.1. The Morgan fingerprint density at radius 2 is 1.90 bits per heavy atom. The molecule has 6 heteroatoms. The number of aromatic nitrogens is 2. The molecule has 1 amide bonds. The molecule has 1 aromatic heterocycles. The number of hydrogen-bond donors (Lipinski definition) is 1. The third kappa shape index (κ3) is 3.84. The van der Waals surface area contributed by atoms with Crippen molar-refractivity contribution in [1.29, 1.82) is 0 Å². The molecule has 1 aliphatic carbocycles. The van der Waals surface area contributed by atoms with Crippen LogP contribution in [0.4, 0.5) is 4.39 Å². The van der Waals surface area contributed by atoms with E-state index >= 15 is 0 Å². The molecule has 2 fully saturated rings. The topological polar surface area (TPSA) is 50.2 Å². The van der Waals surface area contributed by atoms with Gasteiger partial charge in [0.1, 0.15) is 5.82 Å². The van der Waals surface area contributed by atoms with E-state index in [2.05, 4.69) is 15.2 Å². The van der Waals surface area contributed by atoms with Gasteiger partial charge >= 0.3 is 0 Å². The molecule has 0 bridgehead atoms. The number of hydrogen-bond acceptors (Lipinski definition) is 3. The molecule has 1 unspecified atom stereocenters. The zero-order valence-corrected chi connectivity index (χ0v) is 17.1. The molecule has 2 aromatic carbocycles. The second kappa shape index (κ2) is 7.84. The predicted molar refractivity (Wildman–Crippen MR) is 114 cm³/mol. The Morgan fingerprint density at radius 1 is 1.13 bits per heavy atom. The molecule has 1 spiro atoms. The lowest BCUT2D eigenvalue weighted by Crippen LogP contribution is -2.38. The predicted octanol–water partition coefficient (Wildman–Crippen LogP) is 3.74. The standard InChI is InChI=1S/C24H27FN4O/c25-19-6-2-1-5-18(19)16-28-13-10-24(11-14-28)15-22(24)27-23(30)9-12-29-17-26-20-7-3-4-8-21(20)29/h1-8,17,22H,9-16H2,(H,27,30). The average Bonchev–Trinajstić information content (AvgIpc) is 3.24. The lowest BCUT2D eigenvalue weighted by molar-refractivity contribution is -0.121. The molecule has 1 saturated carbocycles. The first kappa shape index (κ1) is 19.2. The van der Waals surface area contributed by atoms with E-state index in [-0.39, 0.29) is 17.1 Å². The van der Waals surface area contributed by atoms with Gasteiger partial charge in [0, 0.05) is 31.1 Å².